The van der Waals surface area contributed by atoms with Crippen LogP contribution in [0, 0.1) is 0 Å². The van der Waals surface area contributed by atoms with E-state index < -0.39 is 5.60 Å². The summed E-state index contributed by atoms with van der Waals surface area (Å²) < 4.78 is 5.50. The Bertz CT molecular complexity index is 457. The molecular weight excluding hydrogens is 280 g/mol. The summed E-state index contributed by atoms with van der Waals surface area (Å²) in [5, 5.41) is 3.36. The average Bonchev–Trinajstić information content (AvgIpc) is 2.83. The highest BCUT2D eigenvalue weighted by Gasteiger charge is 2.30. The number of ether oxygens (including phenoxy) is 1. The van der Waals surface area contributed by atoms with E-state index in [9.17, 15) is 4.79 Å². The predicted octanol–water partition coefficient (Wildman–Crippen LogP) is 3.10. The highest BCUT2D eigenvalue weighted by Crippen LogP contribution is 2.18. The van der Waals surface area contributed by atoms with E-state index in [0.29, 0.717) is 13.1 Å². The summed E-state index contributed by atoms with van der Waals surface area (Å²) in [6.45, 7) is 14.9. The van der Waals surface area contributed by atoms with Gasteiger partial charge in [-0.05, 0) is 48.5 Å². The van der Waals surface area contributed by atoms with Crippen molar-refractivity contribution < 1.29 is 9.53 Å². The number of nitrogens with one attached hydrogen (secondary N) is 2. The lowest BCUT2D eigenvalue weighted by atomic mass is 10.1. The molecular formula is C16H30N4O2. The van der Waals surface area contributed by atoms with E-state index in [-0.39, 0.29) is 17.7 Å². The maximum atomic E-state index is 12.4. The molecule has 1 unspecified atom stereocenters. The van der Waals surface area contributed by atoms with Gasteiger partial charge in [-0.25, -0.2) is 9.78 Å². The second-order valence-corrected chi connectivity index (χ2v) is 7.45. The lowest BCUT2D eigenvalue weighted by Crippen LogP contribution is -2.50. The van der Waals surface area contributed by atoms with Gasteiger partial charge in [0.2, 0.25) is 0 Å². The van der Waals surface area contributed by atoms with Gasteiger partial charge in [0.15, 0.2) is 0 Å². The molecule has 0 aromatic carbocycles. The number of rotatable bonds is 5. The highest BCUT2D eigenvalue weighted by atomic mass is 16.6. The van der Waals surface area contributed by atoms with Crippen LogP contribution in [0.1, 0.15) is 60.3 Å². The third-order valence-corrected chi connectivity index (χ3v) is 3.14. The fraction of sp³-hybridized carbons (Fsp3) is 0.750. The molecule has 1 heterocycles. The Hall–Kier alpha value is -1.56. The van der Waals surface area contributed by atoms with Crippen LogP contribution in [0.5, 0.6) is 0 Å². The van der Waals surface area contributed by atoms with Gasteiger partial charge >= 0.3 is 6.09 Å². The van der Waals surface area contributed by atoms with Gasteiger partial charge in [0.25, 0.3) is 0 Å². The second-order valence-electron chi connectivity index (χ2n) is 7.45. The number of hydrogen-bond donors (Lipinski definition) is 2. The summed E-state index contributed by atoms with van der Waals surface area (Å²) in [7, 11) is 0. The largest absolute Gasteiger partial charge is 0.444 e. The molecule has 1 rings (SSSR count). The molecule has 0 saturated carbocycles. The van der Waals surface area contributed by atoms with Gasteiger partial charge in [0, 0.05) is 31.0 Å². The third-order valence-electron chi connectivity index (χ3n) is 3.14. The molecule has 0 aliphatic heterocycles. The zero-order valence-corrected chi connectivity index (χ0v) is 14.9. The standard InChI is InChI=1S/C16H30N4O2/c1-12(13-18-8-9-19-13)17-10-11-20(15(2,3)4)14(21)22-16(5,6)7/h8-9,12,17H,10-11H2,1-7H3,(H,18,19). The number of hydrogen-bond acceptors (Lipinski definition) is 4. The molecule has 0 fully saturated rings. The summed E-state index contributed by atoms with van der Waals surface area (Å²) in [5.74, 6) is 0.888. The first-order valence-electron chi connectivity index (χ1n) is 7.74. The maximum absolute atomic E-state index is 12.4. The van der Waals surface area contributed by atoms with Crippen LogP contribution in [0.15, 0.2) is 12.4 Å². The van der Waals surface area contributed by atoms with Crippen molar-refractivity contribution in [1.29, 1.82) is 0 Å². The van der Waals surface area contributed by atoms with Gasteiger partial charge in [0.05, 0.1) is 6.04 Å². The van der Waals surface area contributed by atoms with Gasteiger partial charge in [0.1, 0.15) is 11.4 Å². The number of amides is 1. The van der Waals surface area contributed by atoms with E-state index in [1.807, 2.05) is 48.5 Å². The zero-order valence-electron chi connectivity index (χ0n) is 14.9. The Morgan fingerprint density at radius 3 is 2.45 bits per heavy atom. The smallest absolute Gasteiger partial charge is 0.410 e. The number of carbonyl (C=O) groups is 1. The lowest BCUT2D eigenvalue weighted by molar-refractivity contribution is 0.00648. The Morgan fingerprint density at radius 2 is 2.00 bits per heavy atom. The average molecular weight is 310 g/mol. The molecule has 2 N–H and O–H groups in total. The van der Waals surface area contributed by atoms with E-state index in [1.165, 1.54) is 0 Å². The van der Waals surface area contributed by atoms with Gasteiger partial charge in [-0.3, -0.25) is 0 Å². The van der Waals surface area contributed by atoms with Crippen molar-refractivity contribution in [3.05, 3.63) is 18.2 Å². The van der Waals surface area contributed by atoms with Crippen molar-refractivity contribution in [3.8, 4) is 0 Å². The minimum atomic E-state index is -0.491. The summed E-state index contributed by atoms with van der Waals surface area (Å²) >= 11 is 0. The summed E-state index contributed by atoms with van der Waals surface area (Å²) in [4.78, 5) is 21.4. The number of imidazole rings is 1. The molecule has 22 heavy (non-hydrogen) atoms. The summed E-state index contributed by atoms with van der Waals surface area (Å²) in [6, 6.07) is 0.107. The molecule has 0 aliphatic carbocycles. The topological polar surface area (TPSA) is 70.2 Å². The summed E-state index contributed by atoms with van der Waals surface area (Å²) in [5.41, 5.74) is -0.784. The Morgan fingerprint density at radius 1 is 1.36 bits per heavy atom. The Kier molecular flexibility index (Phi) is 6.00. The number of carbonyl (C=O) groups excluding carboxylic acids is 1. The first-order chi connectivity index (χ1) is 10.0. The van der Waals surface area contributed by atoms with Crippen LogP contribution in [-0.2, 0) is 4.74 Å². The van der Waals surface area contributed by atoms with Crippen LogP contribution in [-0.4, -0.2) is 45.2 Å². The van der Waals surface area contributed by atoms with Crippen LogP contribution in [0.2, 0.25) is 0 Å². The van der Waals surface area contributed by atoms with Gasteiger partial charge < -0.3 is 19.9 Å². The maximum Gasteiger partial charge on any atom is 0.410 e. The zero-order chi connectivity index (χ0) is 17.0. The fourth-order valence-electron chi connectivity index (χ4n) is 2.02. The third kappa shape index (κ3) is 6.05. The lowest BCUT2D eigenvalue weighted by Gasteiger charge is -2.37. The van der Waals surface area contributed by atoms with E-state index in [1.54, 1.807) is 17.3 Å². The molecule has 0 radical (unpaired) electrons. The molecule has 0 aliphatic rings. The molecule has 1 aromatic rings. The second kappa shape index (κ2) is 7.13. The molecule has 0 bridgehead atoms. The summed E-state index contributed by atoms with van der Waals surface area (Å²) in [6.07, 6.45) is 3.25. The van der Waals surface area contributed by atoms with Crippen molar-refractivity contribution in [3.63, 3.8) is 0 Å². The quantitative estimate of drug-likeness (QED) is 0.877. The van der Waals surface area contributed by atoms with Gasteiger partial charge in [-0.2, -0.15) is 0 Å². The van der Waals surface area contributed by atoms with Crippen molar-refractivity contribution in [1.82, 2.24) is 20.2 Å². The van der Waals surface area contributed by atoms with E-state index in [4.69, 9.17) is 4.74 Å². The molecule has 1 aromatic heterocycles. The van der Waals surface area contributed by atoms with E-state index >= 15 is 0 Å². The minimum Gasteiger partial charge on any atom is -0.444 e. The Labute approximate surface area is 133 Å². The molecule has 126 valence electrons. The van der Waals surface area contributed by atoms with Crippen LogP contribution >= 0.6 is 0 Å². The fourth-order valence-corrected chi connectivity index (χ4v) is 2.02. The van der Waals surface area contributed by atoms with Crippen LogP contribution < -0.4 is 5.32 Å². The minimum absolute atomic E-state index is 0.107. The van der Waals surface area contributed by atoms with E-state index in [2.05, 4.69) is 15.3 Å². The van der Waals surface area contributed by atoms with Crippen molar-refractivity contribution in [2.24, 2.45) is 0 Å². The molecule has 6 nitrogen and oxygen atoms in total. The molecule has 6 heteroatoms. The van der Waals surface area contributed by atoms with Crippen LogP contribution in [0.4, 0.5) is 4.79 Å². The number of aromatic nitrogens is 2. The molecule has 0 saturated heterocycles. The van der Waals surface area contributed by atoms with Gasteiger partial charge in [-0.15, -0.1) is 0 Å². The van der Waals surface area contributed by atoms with Crippen LogP contribution in [0.25, 0.3) is 0 Å². The first-order valence-corrected chi connectivity index (χ1v) is 7.74. The molecule has 1 amide bonds. The van der Waals surface area contributed by atoms with Crippen molar-refractivity contribution in [2.45, 2.75) is 65.6 Å². The highest BCUT2D eigenvalue weighted by molar-refractivity contribution is 5.69. The van der Waals surface area contributed by atoms with Gasteiger partial charge in [-0.1, -0.05) is 0 Å². The SMILES string of the molecule is CC(NCCN(C(=O)OC(C)(C)C)C(C)(C)C)c1ncc[nH]1. The number of aromatic amines is 1. The van der Waals surface area contributed by atoms with Crippen LogP contribution in [0.3, 0.4) is 0 Å². The first kappa shape index (κ1) is 18.5. The molecule has 0 spiro atoms. The number of nitrogens with zero attached hydrogens (tertiary/aromatic N) is 2. The number of H-pyrrole nitrogens is 1. The molecule has 1 atom stereocenters. The van der Waals surface area contributed by atoms with Crippen molar-refractivity contribution >= 4 is 6.09 Å². The van der Waals surface area contributed by atoms with E-state index in [0.717, 1.165) is 5.82 Å². The predicted molar refractivity (Wildman–Crippen MR) is 87.7 cm³/mol. The normalized spacial score (nSPS) is 13.8. The Balaban J connectivity index is 2.57. The monoisotopic (exact) mass is 310 g/mol. The van der Waals surface area contributed by atoms with Crippen molar-refractivity contribution in [2.75, 3.05) is 13.1 Å².